The lowest BCUT2D eigenvalue weighted by atomic mass is 9.82. The Bertz CT molecular complexity index is 511. The lowest BCUT2D eigenvalue weighted by Gasteiger charge is -2.22. The molecule has 1 aromatic carbocycles. The molecule has 1 aromatic rings. The van der Waals surface area contributed by atoms with Gasteiger partial charge < -0.3 is 14.6 Å². The third-order valence-corrected chi connectivity index (χ3v) is 6.19. The maximum absolute atomic E-state index is 11.8. The number of aldehydes is 1. The number of carbonyl (C=O) groups excluding carboxylic acids is 1. The summed E-state index contributed by atoms with van der Waals surface area (Å²) in [7, 11) is 0. The first-order valence-electron chi connectivity index (χ1n) is 12.6. The second kappa shape index (κ2) is 18.4. The van der Waals surface area contributed by atoms with E-state index in [0.29, 0.717) is 6.61 Å². The number of hydrogen-bond acceptors (Lipinski definition) is 3. The second-order valence-electron chi connectivity index (χ2n) is 8.63. The number of rotatable bonds is 20. The van der Waals surface area contributed by atoms with Crippen LogP contribution in [0.3, 0.4) is 0 Å². The minimum Gasteiger partial charge on any atom is -0.491 e. The zero-order valence-corrected chi connectivity index (χ0v) is 19.6. The van der Waals surface area contributed by atoms with Crippen LogP contribution in [-0.2, 0) is 4.79 Å². The number of hydrogen-bond donors (Lipinski definition) is 1. The molecular formula is C27H46O3. The fraction of sp³-hybridized carbons (Fsp3) is 0.741. The molecule has 1 N–H and O–H groups in total. The van der Waals surface area contributed by atoms with Gasteiger partial charge in [-0.15, -0.1) is 0 Å². The molecule has 0 spiro atoms. The predicted octanol–water partition coefficient (Wildman–Crippen LogP) is 7.46. The molecule has 2 atom stereocenters. The molecule has 0 aliphatic carbocycles. The summed E-state index contributed by atoms with van der Waals surface area (Å²) in [5, 5.41) is 8.86. The Kier molecular flexibility index (Phi) is 16.4. The molecule has 0 aliphatic rings. The lowest BCUT2D eigenvalue weighted by Crippen LogP contribution is -2.14. The van der Waals surface area contributed by atoms with Crippen molar-refractivity contribution in [2.45, 2.75) is 110 Å². The molecule has 3 nitrogen and oxygen atoms in total. The largest absolute Gasteiger partial charge is 0.491 e. The highest BCUT2D eigenvalue weighted by Gasteiger charge is 2.21. The monoisotopic (exact) mass is 418 g/mol. The SMILES string of the molecule is CCCCCCCCCCCCCCC(C=O)C(CC)c1ccc(OCCO)cc1. The van der Waals surface area contributed by atoms with Crippen molar-refractivity contribution in [1.82, 2.24) is 0 Å². The van der Waals surface area contributed by atoms with Gasteiger partial charge in [-0.3, -0.25) is 0 Å². The molecule has 0 saturated carbocycles. The topological polar surface area (TPSA) is 46.5 Å². The number of ether oxygens (including phenoxy) is 1. The smallest absolute Gasteiger partial charge is 0.123 e. The first kappa shape index (κ1) is 26.7. The van der Waals surface area contributed by atoms with Crippen LogP contribution in [0.15, 0.2) is 24.3 Å². The maximum atomic E-state index is 11.8. The summed E-state index contributed by atoms with van der Waals surface area (Å²) in [6.07, 6.45) is 19.3. The highest BCUT2D eigenvalue weighted by molar-refractivity contribution is 5.56. The van der Waals surface area contributed by atoms with Crippen molar-refractivity contribution in [3.05, 3.63) is 29.8 Å². The molecule has 0 aliphatic heterocycles. The van der Waals surface area contributed by atoms with Crippen molar-refractivity contribution in [3.63, 3.8) is 0 Å². The molecule has 0 fully saturated rings. The fourth-order valence-corrected chi connectivity index (χ4v) is 4.35. The molecule has 0 radical (unpaired) electrons. The van der Waals surface area contributed by atoms with Gasteiger partial charge in [0.15, 0.2) is 0 Å². The van der Waals surface area contributed by atoms with Gasteiger partial charge >= 0.3 is 0 Å². The second-order valence-corrected chi connectivity index (χ2v) is 8.63. The van der Waals surface area contributed by atoms with Crippen LogP contribution in [-0.4, -0.2) is 24.6 Å². The number of carbonyl (C=O) groups is 1. The highest BCUT2D eigenvalue weighted by Crippen LogP contribution is 2.31. The van der Waals surface area contributed by atoms with Crippen LogP contribution in [0.2, 0.25) is 0 Å². The summed E-state index contributed by atoms with van der Waals surface area (Å²) < 4.78 is 5.44. The minimum atomic E-state index is 0.0194. The van der Waals surface area contributed by atoms with Gasteiger partial charge in [0.2, 0.25) is 0 Å². The van der Waals surface area contributed by atoms with E-state index in [0.717, 1.165) is 25.0 Å². The van der Waals surface area contributed by atoms with Gasteiger partial charge in [0.05, 0.1) is 6.61 Å². The number of benzene rings is 1. The van der Waals surface area contributed by atoms with Crippen molar-refractivity contribution in [1.29, 1.82) is 0 Å². The van der Waals surface area contributed by atoms with E-state index in [-0.39, 0.29) is 18.4 Å². The molecule has 3 heteroatoms. The van der Waals surface area contributed by atoms with Crippen molar-refractivity contribution in [2.24, 2.45) is 5.92 Å². The van der Waals surface area contributed by atoms with Gasteiger partial charge in [0.1, 0.15) is 18.6 Å². The number of unbranched alkanes of at least 4 members (excludes halogenated alkanes) is 11. The van der Waals surface area contributed by atoms with Gasteiger partial charge in [0.25, 0.3) is 0 Å². The molecule has 1 rings (SSSR count). The summed E-state index contributed by atoms with van der Waals surface area (Å²) in [4.78, 5) is 11.8. The normalized spacial score (nSPS) is 13.2. The molecule has 0 bridgehead atoms. The van der Waals surface area contributed by atoms with Crippen LogP contribution in [0.1, 0.15) is 115 Å². The summed E-state index contributed by atoms with van der Waals surface area (Å²) in [6.45, 7) is 4.77. The van der Waals surface area contributed by atoms with E-state index in [1.807, 2.05) is 12.1 Å². The van der Waals surface area contributed by atoms with E-state index < -0.39 is 0 Å². The van der Waals surface area contributed by atoms with Crippen molar-refractivity contribution >= 4 is 6.29 Å². The van der Waals surface area contributed by atoms with E-state index in [9.17, 15) is 4.79 Å². The Labute approximate surface area is 185 Å². The van der Waals surface area contributed by atoms with E-state index in [2.05, 4.69) is 26.0 Å². The van der Waals surface area contributed by atoms with Crippen molar-refractivity contribution < 1.29 is 14.6 Å². The number of aliphatic hydroxyl groups excluding tert-OH is 1. The third-order valence-electron chi connectivity index (χ3n) is 6.19. The zero-order valence-electron chi connectivity index (χ0n) is 19.6. The average molecular weight is 419 g/mol. The lowest BCUT2D eigenvalue weighted by molar-refractivity contribution is -0.112. The Morgan fingerprint density at radius 2 is 1.37 bits per heavy atom. The Morgan fingerprint density at radius 3 is 1.83 bits per heavy atom. The van der Waals surface area contributed by atoms with Crippen LogP contribution < -0.4 is 4.74 Å². The predicted molar refractivity (Wildman–Crippen MR) is 127 cm³/mol. The Morgan fingerprint density at radius 1 is 0.833 bits per heavy atom. The Hall–Kier alpha value is -1.35. The van der Waals surface area contributed by atoms with Crippen molar-refractivity contribution in [2.75, 3.05) is 13.2 Å². The molecule has 172 valence electrons. The molecule has 30 heavy (non-hydrogen) atoms. The van der Waals surface area contributed by atoms with E-state index >= 15 is 0 Å². The van der Waals surface area contributed by atoms with E-state index in [1.54, 1.807) is 0 Å². The van der Waals surface area contributed by atoms with E-state index in [1.165, 1.54) is 82.5 Å². The molecule has 0 amide bonds. The van der Waals surface area contributed by atoms with Gasteiger partial charge in [-0.25, -0.2) is 0 Å². The minimum absolute atomic E-state index is 0.0194. The maximum Gasteiger partial charge on any atom is 0.123 e. The fourth-order valence-electron chi connectivity index (χ4n) is 4.35. The van der Waals surface area contributed by atoms with Crippen molar-refractivity contribution in [3.8, 4) is 5.75 Å². The molecular weight excluding hydrogens is 372 g/mol. The standard InChI is InChI=1S/C27H46O3/c1-3-5-6-7-8-9-10-11-12-13-14-15-16-25(23-29)27(4-2)24-17-19-26(20-18-24)30-22-21-28/h17-20,23,25,27-28H,3-16,21-22H2,1-2H3. The summed E-state index contributed by atoms with van der Waals surface area (Å²) in [6, 6.07) is 8.03. The van der Waals surface area contributed by atoms with Crippen LogP contribution in [0.5, 0.6) is 5.75 Å². The summed E-state index contributed by atoms with van der Waals surface area (Å²) >= 11 is 0. The highest BCUT2D eigenvalue weighted by atomic mass is 16.5. The van der Waals surface area contributed by atoms with E-state index in [4.69, 9.17) is 9.84 Å². The van der Waals surface area contributed by atoms with Crippen LogP contribution >= 0.6 is 0 Å². The third kappa shape index (κ3) is 11.7. The Balaban J connectivity index is 2.21. The first-order chi connectivity index (χ1) is 14.8. The van der Waals surface area contributed by atoms with Gasteiger partial charge in [0, 0.05) is 5.92 Å². The van der Waals surface area contributed by atoms with Crippen LogP contribution in [0, 0.1) is 5.92 Å². The van der Waals surface area contributed by atoms with Gasteiger partial charge in [-0.2, -0.15) is 0 Å². The average Bonchev–Trinajstić information content (AvgIpc) is 2.78. The molecule has 0 aromatic heterocycles. The quantitative estimate of drug-likeness (QED) is 0.177. The molecule has 2 unspecified atom stereocenters. The summed E-state index contributed by atoms with van der Waals surface area (Å²) in [5.41, 5.74) is 1.21. The number of aliphatic hydroxyl groups is 1. The molecule has 0 saturated heterocycles. The zero-order chi connectivity index (χ0) is 21.9. The summed E-state index contributed by atoms with van der Waals surface area (Å²) in [5.74, 6) is 1.15. The van der Waals surface area contributed by atoms with Crippen LogP contribution in [0.4, 0.5) is 0 Å². The van der Waals surface area contributed by atoms with Gasteiger partial charge in [-0.05, 0) is 36.5 Å². The first-order valence-corrected chi connectivity index (χ1v) is 12.6. The van der Waals surface area contributed by atoms with Gasteiger partial charge in [-0.1, -0.05) is 103 Å². The van der Waals surface area contributed by atoms with Crippen LogP contribution in [0.25, 0.3) is 0 Å². The molecule has 0 heterocycles.